The van der Waals surface area contributed by atoms with Crippen LogP contribution in [0.4, 0.5) is 11.4 Å². The Bertz CT molecular complexity index is 516. The molecular formula is C14H21N3O3. The molecule has 20 heavy (non-hydrogen) atoms. The number of rotatable bonds is 3. The van der Waals surface area contributed by atoms with Crippen molar-refractivity contribution >= 4 is 11.4 Å². The molecule has 2 rings (SSSR count). The number of hydrogen-bond donors (Lipinski definition) is 1. The monoisotopic (exact) mass is 279 g/mol. The van der Waals surface area contributed by atoms with Crippen molar-refractivity contribution in [1.82, 2.24) is 0 Å². The molecule has 0 radical (unpaired) electrons. The van der Waals surface area contributed by atoms with E-state index in [1.54, 1.807) is 18.2 Å². The number of para-hydroxylation sites is 1. The zero-order chi connectivity index (χ0) is 14.9. The molecule has 1 atom stereocenters. The number of nitrogens with two attached hydrogens (primary N) is 1. The van der Waals surface area contributed by atoms with Gasteiger partial charge in [-0.25, -0.2) is 0 Å². The van der Waals surface area contributed by atoms with Crippen molar-refractivity contribution in [3.8, 4) is 5.75 Å². The van der Waals surface area contributed by atoms with E-state index < -0.39 is 0 Å². The highest BCUT2D eigenvalue weighted by atomic mass is 16.6. The van der Waals surface area contributed by atoms with Crippen molar-refractivity contribution in [3.63, 3.8) is 0 Å². The molecule has 0 aliphatic carbocycles. The molecule has 110 valence electrons. The van der Waals surface area contributed by atoms with Crippen LogP contribution in [0.3, 0.4) is 0 Å². The first kappa shape index (κ1) is 14.6. The zero-order valence-corrected chi connectivity index (χ0v) is 12.1. The van der Waals surface area contributed by atoms with Gasteiger partial charge in [-0.1, -0.05) is 19.9 Å². The van der Waals surface area contributed by atoms with Crippen molar-refractivity contribution in [3.05, 3.63) is 28.3 Å². The Kier molecular flexibility index (Phi) is 3.85. The number of hydrogen-bond acceptors (Lipinski definition) is 5. The molecule has 1 aromatic carbocycles. The summed E-state index contributed by atoms with van der Waals surface area (Å²) in [7, 11) is 1.45. The van der Waals surface area contributed by atoms with E-state index in [0.717, 1.165) is 13.0 Å². The number of anilines is 1. The fraction of sp³-hybridized carbons (Fsp3) is 0.571. The molecule has 0 amide bonds. The lowest BCUT2D eigenvalue weighted by molar-refractivity contribution is -0.385. The van der Waals surface area contributed by atoms with E-state index in [4.69, 9.17) is 10.5 Å². The van der Waals surface area contributed by atoms with Gasteiger partial charge in [0, 0.05) is 19.1 Å². The Labute approximate surface area is 118 Å². The SMILES string of the molecule is COc1cccc(N2CCC(N)C(C)(C)C2)c1[N+](=O)[O-]. The quantitative estimate of drug-likeness (QED) is 0.677. The number of nitro groups is 1. The van der Waals surface area contributed by atoms with Crippen LogP contribution in [0, 0.1) is 15.5 Å². The summed E-state index contributed by atoms with van der Waals surface area (Å²) in [5.41, 5.74) is 6.68. The Morgan fingerprint density at radius 1 is 1.50 bits per heavy atom. The maximum atomic E-state index is 11.3. The van der Waals surface area contributed by atoms with Gasteiger partial charge >= 0.3 is 5.69 Å². The van der Waals surface area contributed by atoms with Gasteiger partial charge in [0.05, 0.1) is 12.0 Å². The summed E-state index contributed by atoms with van der Waals surface area (Å²) < 4.78 is 5.12. The van der Waals surface area contributed by atoms with E-state index in [0.29, 0.717) is 18.0 Å². The molecule has 1 saturated heterocycles. The van der Waals surface area contributed by atoms with Crippen molar-refractivity contribution in [2.45, 2.75) is 26.3 Å². The summed E-state index contributed by atoms with van der Waals surface area (Å²) in [6.07, 6.45) is 0.821. The smallest absolute Gasteiger partial charge is 0.333 e. The van der Waals surface area contributed by atoms with Gasteiger partial charge in [0.25, 0.3) is 0 Å². The highest BCUT2D eigenvalue weighted by Gasteiger charge is 2.36. The van der Waals surface area contributed by atoms with Crippen LogP contribution in [0.1, 0.15) is 20.3 Å². The van der Waals surface area contributed by atoms with E-state index in [-0.39, 0.29) is 22.1 Å². The van der Waals surface area contributed by atoms with Crippen LogP contribution in [0.2, 0.25) is 0 Å². The lowest BCUT2D eigenvalue weighted by Crippen LogP contribution is -2.52. The van der Waals surface area contributed by atoms with Crippen molar-refractivity contribution in [1.29, 1.82) is 0 Å². The summed E-state index contributed by atoms with van der Waals surface area (Å²) in [6.45, 7) is 5.60. The molecule has 1 unspecified atom stereocenters. The van der Waals surface area contributed by atoms with Gasteiger partial charge in [-0.15, -0.1) is 0 Å². The molecule has 1 fully saturated rings. The fourth-order valence-corrected chi connectivity index (χ4v) is 2.69. The largest absolute Gasteiger partial charge is 0.490 e. The third-order valence-corrected chi connectivity index (χ3v) is 4.03. The molecule has 1 aromatic rings. The van der Waals surface area contributed by atoms with Gasteiger partial charge in [0.15, 0.2) is 5.75 Å². The second-order valence-corrected chi connectivity index (χ2v) is 5.89. The van der Waals surface area contributed by atoms with Crippen molar-refractivity contribution in [2.24, 2.45) is 11.1 Å². The van der Waals surface area contributed by atoms with Crippen LogP contribution < -0.4 is 15.4 Å². The summed E-state index contributed by atoms with van der Waals surface area (Å²) in [4.78, 5) is 13.0. The summed E-state index contributed by atoms with van der Waals surface area (Å²) in [6, 6.07) is 5.28. The number of piperidine rings is 1. The standard InChI is InChI=1S/C14H21N3O3/c1-14(2)9-16(8-7-12(14)15)10-5-4-6-11(20-3)13(10)17(18)19/h4-6,12H,7-9,15H2,1-3H3. The number of methoxy groups -OCH3 is 1. The lowest BCUT2D eigenvalue weighted by Gasteiger charge is -2.43. The van der Waals surface area contributed by atoms with Gasteiger partial charge in [-0.2, -0.15) is 0 Å². The molecule has 2 N–H and O–H groups in total. The minimum atomic E-state index is -0.379. The van der Waals surface area contributed by atoms with E-state index in [1.807, 2.05) is 4.90 Å². The second-order valence-electron chi connectivity index (χ2n) is 5.89. The molecule has 0 bridgehead atoms. The number of ether oxygens (including phenoxy) is 1. The Balaban J connectivity index is 2.41. The highest BCUT2D eigenvalue weighted by molar-refractivity contribution is 5.70. The molecule has 6 heteroatoms. The first-order valence-electron chi connectivity index (χ1n) is 6.69. The lowest BCUT2D eigenvalue weighted by atomic mass is 9.79. The normalized spacial score (nSPS) is 21.6. The predicted octanol–water partition coefficient (Wildman–Crippen LogP) is 2.17. The average Bonchev–Trinajstić information content (AvgIpc) is 2.40. The molecular weight excluding hydrogens is 258 g/mol. The van der Waals surface area contributed by atoms with Gasteiger partial charge in [-0.3, -0.25) is 10.1 Å². The Morgan fingerprint density at radius 2 is 2.20 bits per heavy atom. The molecule has 6 nitrogen and oxygen atoms in total. The van der Waals surface area contributed by atoms with Crippen LogP contribution in [-0.2, 0) is 0 Å². The van der Waals surface area contributed by atoms with E-state index in [9.17, 15) is 10.1 Å². The van der Waals surface area contributed by atoms with Gasteiger partial charge in [-0.05, 0) is 24.0 Å². The Morgan fingerprint density at radius 3 is 2.75 bits per heavy atom. The van der Waals surface area contributed by atoms with Gasteiger partial charge in [0.2, 0.25) is 0 Å². The fourth-order valence-electron chi connectivity index (χ4n) is 2.69. The van der Waals surface area contributed by atoms with Gasteiger partial charge < -0.3 is 15.4 Å². The number of benzene rings is 1. The summed E-state index contributed by atoms with van der Waals surface area (Å²) in [5.74, 6) is 0.292. The second kappa shape index (κ2) is 5.28. The molecule has 0 saturated carbocycles. The highest BCUT2D eigenvalue weighted by Crippen LogP contribution is 2.40. The van der Waals surface area contributed by atoms with E-state index >= 15 is 0 Å². The minimum absolute atomic E-state index is 0.0290. The maximum absolute atomic E-state index is 11.3. The topological polar surface area (TPSA) is 81.6 Å². The number of nitrogens with zero attached hydrogens (tertiary/aromatic N) is 2. The molecule has 0 spiro atoms. The summed E-state index contributed by atoms with van der Waals surface area (Å²) >= 11 is 0. The molecule has 1 aliphatic heterocycles. The van der Waals surface area contributed by atoms with Crippen LogP contribution in [-0.4, -0.2) is 31.2 Å². The van der Waals surface area contributed by atoms with Crippen molar-refractivity contribution in [2.75, 3.05) is 25.1 Å². The van der Waals surface area contributed by atoms with E-state index in [2.05, 4.69) is 13.8 Å². The average molecular weight is 279 g/mol. The van der Waals surface area contributed by atoms with E-state index in [1.165, 1.54) is 7.11 Å². The first-order valence-corrected chi connectivity index (χ1v) is 6.69. The minimum Gasteiger partial charge on any atom is -0.490 e. The molecule has 0 aromatic heterocycles. The predicted molar refractivity (Wildman–Crippen MR) is 78.2 cm³/mol. The third-order valence-electron chi connectivity index (χ3n) is 4.03. The van der Waals surface area contributed by atoms with Crippen LogP contribution >= 0.6 is 0 Å². The first-order chi connectivity index (χ1) is 9.36. The van der Waals surface area contributed by atoms with Crippen LogP contribution in [0.15, 0.2) is 18.2 Å². The van der Waals surface area contributed by atoms with Crippen molar-refractivity contribution < 1.29 is 9.66 Å². The van der Waals surface area contributed by atoms with Crippen LogP contribution in [0.25, 0.3) is 0 Å². The van der Waals surface area contributed by atoms with Gasteiger partial charge in [0.1, 0.15) is 5.69 Å². The maximum Gasteiger partial charge on any atom is 0.333 e. The van der Waals surface area contributed by atoms with Crippen LogP contribution in [0.5, 0.6) is 5.75 Å². The Hall–Kier alpha value is -1.82. The summed E-state index contributed by atoms with van der Waals surface area (Å²) in [5, 5.41) is 11.3. The molecule has 1 aliphatic rings. The zero-order valence-electron chi connectivity index (χ0n) is 12.1. The number of nitro benzene ring substituents is 1. The third kappa shape index (κ3) is 2.56. The molecule has 1 heterocycles.